The summed E-state index contributed by atoms with van der Waals surface area (Å²) in [6.07, 6.45) is 0. The summed E-state index contributed by atoms with van der Waals surface area (Å²) in [5, 5.41) is 14.9. The zero-order chi connectivity index (χ0) is 42.1. The van der Waals surface area contributed by atoms with Crippen molar-refractivity contribution in [3.05, 3.63) is 243 Å². The smallest absolute Gasteiger partial charge is 0.0619 e. The van der Waals surface area contributed by atoms with Crippen molar-refractivity contribution in [2.24, 2.45) is 0 Å². The molecule has 0 radical (unpaired) electrons. The Hall–Kier alpha value is -8.46. The van der Waals surface area contributed by atoms with Crippen LogP contribution in [0.3, 0.4) is 0 Å². The fourth-order valence-electron chi connectivity index (χ4n) is 10.5. The average molecular weight is 813 g/mol. The van der Waals surface area contributed by atoms with E-state index in [1.54, 1.807) is 0 Å². The molecule has 0 N–H and O–H groups in total. The van der Waals surface area contributed by atoms with Crippen LogP contribution in [0.1, 0.15) is 0 Å². The van der Waals surface area contributed by atoms with Crippen molar-refractivity contribution in [3.63, 3.8) is 0 Å². The quantitative estimate of drug-likeness (QED) is 0.152. The third kappa shape index (κ3) is 5.66. The first-order valence-electron chi connectivity index (χ1n) is 22.1. The van der Waals surface area contributed by atoms with E-state index in [-0.39, 0.29) is 0 Å². The number of benzene rings is 12. The number of anilines is 3. The molecule has 0 saturated heterocycles. The van der Waals surface area contributed by atoms with E-state index in [0.29, 0.717) is 0 Å². The lowest BCUT2D eigenvalue weighted by atomic mass is 9.93. The third-order valence-electron chi connectivity index (χ3n) is 13.3. The van der Waals surface area contributed by atoms with Gasteiger partial charge in [-0.3, -0.25) is 0 Å². The Kier molecular flexibility index (Phi) is 8.25. The van der Waals surface area contributed by atoms with E-state index >= 15 is 0 Å². The second-order valence-corrected chi connectivity index (χ2v) is 16.8. The summed E-state index contributed by atoms with van der Waals surface area (Å²) in [7, 11) is 0. The zero-order valence-corrected chi connectivity index (χ0v) is 35.0. The minimum atomic E-state index is 1.09. The molecule has 2 heteroatoms. The summed E-state index contributed by atoms with van der Waals surface area (Å²) in [5.74, 6) is 0. The van der Waals surface area contributed by atoms with Gasteiger partial charge in [0, 0.05) is 38.6 Å². The molecule has 0 bridgehead atoms. The topological polar surface area (TPSA) is 8.17 Å². The molecule has 0 amide bonds. The molecule has 64 heavy (non-hydrogen) atoms. The van der Waals surface area contributed by atoms with Gasteiger partial charge >= 0.3 is 0 Å². The largest absolute Gasteiger partial charge is 0.310 e. The van der Waals surface area contributed by atoms with Crippen molar-refractivity contribution in [2.45, 2.75) is 0 Å². The molecule has 0 aliphatic rings. The van der Waals surface area contributed by atoms with Crippen molar-refractivity contribution in [1.29, 1.82) is 0 Å². The number of fused-ring (bicyclic) bond motifs is 11. The van der Waals surface area contributed by atoms with Crippen LogP contribution < -0.4 is 4.90 Å². The Morgan fingerprint density at radius 3 is 1.64 bits per heavy atom. The first-order valence-corrected chi connectivity index (χ1v) is 22.1. The maximum absolute atomic E-state index is 2.46. The summed E-state index contributed by atoms with van der Waals surface area (Å²) in [5.41, 5.74) is 11.7. The molecule has 13 rings (SSSR count). The minimum absolute atomic E-state index is 1.09. The van der Waals surface area contributed by atoms with Crippen LogP contribution in [0.4, 0.5) is 17.1 Å². The maximum atomic E-state index is 2.46. The molecule has 0 aliphatic heterocycles. The number of hydrogen-bond acceptors (Lipinski definition) is 1. The normalized spacial score (nSPS) is 11.8. The zero-order valence-electron chi connectivity index (χ0n) is 35.0. The van der Waals surface area contributed by atoms with E-state index < -0.39 is 0 Å². The summed E-state index contributed by atoms with van der Waals surface area (Å²) < 4.78 is 2.45. The van der Waals surface area contributed by atoms with Gasteiger partial charge in [-0.05, 0) is 120 Å². The SMILES string of the molecule is c1ccc(-n2c3cccc(-c4cccc(N(c5ccc(-c6cc7ccccc7c7ccccc67)cc5)c5cc6ccccc6c6ccccc56)c4)c3c3ccc4ccccc4c32)cc1. The van der Waals surface area contributed by atoms with Gasteiger partial charge in [0.25, 0.3) is 0 Å². The predicted molar refractivity (Wildman–Crippen MR) is 274 cm³/mol. The molecule has 0 saturated carbocycles. The summed E-state index contributed by atoms with van der Waals surface area (Å²) in [4.78, 5) is 2.46. The van der Waals surface area contributed by atoms with Crippen molar-refractivity contribution >= 4 is 92.7 Å². The molecule has 0 atom stereocenters. The number of aromatic nitrogens is 1. The molecule has 0 spiro atoms. The molecule has 0 fully saturated rings. The monoisotopic (exact) mass is 812 g/mol. The average Bonchev–Trinajstić information content (AvgIpc) is 3.72. The van der Waals surface area contributed by atoms with Gasteiger partial charge in [0.2, 0.25) is 0 Å². The van der Waals surface area contributed by atoms with Gasteiger partial charge < -0.3 is 9.47 Å². The van der Waals surface area contributed by atoms with E-state index in [1.165, 1.54) is 92.4 Å². The number of para-hydroxylation sites is 1. The van der Waals surface area contributed by atoms with Crippen LogP contribution in [0.2, 0.25) is 0 Å². The van der Waals surface area contributed by atoms with Crippen molar-refractivity contribution in [1.82, 2.24) is 4.57 Å². The molecule has 298 valence electrons. The Labute approximate surface area is 371 Å². The van der Waals surface area contributed by atoms with Gasteiger partial charge in [0.05, 0.1) is 16.7 Å². The number of rotatable bonds is 6. The van der Waals surface area contributed by atoms with Gasteiger partial charge in [-0.1, -0.05) is 188 Å². The highest BCUT2D eigenvalue weighted by molar-refractivity contribution is 6.23. The summed E-state index contributed by atoms with van der Waals surface area (Å²) in [6, 6.07) is 89.1. The number of hydrogen-bond donors (Lipinski definition) is 0. The fourth-order valence-corrected chi connectivity index (χ4v) is 10.5. The van der Waals surface area contributed by atoms with Gasteiger partial charge in [0.15, 0.2) is 0 Å². The number of nitrogens with zero attached hydrogens (tertiary/aromatic N) is 2. The lowest BCUT2D eigenvalue weighted by molar-refractivity contribution is 1.19. The third-order valence-corrected chi connectivity index (χ3v) is 13.3. The first kappa shape index (κ1) is 36.2. The van der Waals surface area contributed by atoms with Crippen LogP contribution in [0.25, 0.3) is 104 Å². The molecule has 1 heterocycles. The molecule has 0 unspecified atom stereocenters. The minimum Gasteiger partial charge on any atom is -0.310 e. The second-order valence-electron chi connectivity index (χ2n) is 16.8. The van der Waals surface area contributed by atoms with Gasteiger partial charge in [-0.25, -0.2) is 0 Å². The van der Waals surface area contributed by atoms with Gasteiger partial charge in [-0.15, -0.1) is 0 Å². The molecular formula is C62H40N2. The van der Waals surface area contributed by atoms with Crippen LogP contribution in [0.5, 0.6) is 0 Å². The van der Waals surface area contributed by atoms with Crippen LogP contribution in [0.15, 0.2) is 243 Å². The Morgan fingerprint density at radius 2 is 0.891 bits per heavy atom. The molecule has 1 aromatic heterocycles. The standard InChI is InChI=1S/C62H40N2/c1-2-20-46(21-3-1)64-59-31-15-30-51(61(59)57-37-34-41-16-4-9-25-52(41)62(57)64)43-19-14-22-48(38-43)63(60-40-45-18-6-8-24-50(45)54-27-12-13-29-56(54)60)47-35-32-42(33-36-47)58-39-44-17-5-7-23-49(44)53-26-10-11-28-55(53)58/h1-40H. The van der Waals surface area contributed by atoms with Crippen LogP contribution in [0, 0.1) is 0 Å². The molecule has 12 aromatic carbocycles. The molecule has 0 aliphatic carbocycles. The van der Waals surface area contributed by atoms with Crippen molar-refractivity contribution in [3.8, 4) is 27.9 Å². The molecular weight excluding hydrogens is 773 g/mol. The summed E-state index contributed by atoms with van der Waals surface area (Å²) in [6.45, 7) is 0. The lowest BCUT2D eigenvalue weighted by Gasteiger charge is -2.28. The van der Waals surface area contributed by atoms with Crippen LogP contribution >= 0.6 is 0 Å². The predicted octanol–water partition coefficient (Wildman–Crippen LogP) is 17.4. The van der Waals surface area contributed by atoms with E-state index in [1.807, 2.05) is 0 Å². The van der Waals surface area contributed by atoms with Gasteiger partial charge in [-0.2, -0.15) is 0 Å². The Morgan fingerprint density at radius 1 is 0.297 bits per heavy atom. The Bertz CT molecular complexity index is 3950. The first-order chi connectivity index (χ1) is 31.8. The maximum Gasteiger partial charge on any atom is 0.0619 e. The highest BCUT2D eigenvalue weighted by Gasteiger charge is 2.22. The molecule has 13 aromatic rings. The van der Waals surface area contributed by atoms with Gasteiger partial charge in [0.1, 0.15) is 0 Å². The van der Waals surface area contributed by atoms with Crippen molar-refractivity contribution < 1.29 is 0 Å². The van der Waals surface area contributed by atoms with E-state index in [9.17, 15) is 0 Å². The molecule has 2 nitrogen and oxygen atoms in total. The van der Waals surface area contributed by atoms with E-state index in [4.69, 9.17) is 0 Å². The van der Waals surface area contributed by atoms with E-state index in [0.717, 1.165) is 28.3 Å². The van der Waals surface area contributed by atoms with Crippen LogP contribution in [-0.4, -0.2) is 4.57 Å². The fraction of sp³-hybridized carbons (Fsp3) is 0. The Balaban J connectivity index is 1.04. The highest BCUT2D eigenvalue weighted by atomic mass is 15.1. The van der Waals surface area contributed by atoms with Crippen LogP contribution in [-0.2, 0) is 0 Å². The van der Waals surface area contributed by atoms with E-state index in [2.05, 4.69) is 252 Å². The highest BCUT2D eigenvalue weighted by Crippen LogP contribution is 2.46. The van der Waals surface area contributed by atoms with Crippen molar-refractivity contribution in [2.75, 3.05) is 4.90 Å². The lowest BCUT2D eigenvalue weighted by Crippen LogP contribution is -2.11. The summed E-state index contributed by atoms with van der Waals surface area (Å²) >= 11 is 0. The second kappa shape index (κ2) is 14.6.